The molecule has 3 aromatic rings. The predicted octanol–water partition coefficient (Wildman–Crippen LogP) is 4.95. The van der Waals surface area contributed by atoms with E-state index >= 15 is 0 Å². The maximum absolute atomic E-state index is 13.6. The second-order valence-corrected chi connectivity index (χ2v) is 8.26. The lowest BCUT2D eigenvalue weighted by molar-refractivity contribution is 0.0707. The maximum Gasteiger partial charge on any atom is 0.290 e. The molecule has 7 nitrogen and oxygen atoms in total. The first-order valence-corrected chi connectivity index (χ1v) is 11.9. The summed E-state index contributed by atoms with van der Waals surface area (Å²) < 4.78 is 23.0. The Morgan fingerprint density at radius 2 is 1.79 bits per heavy atom. The Bertz CT molecular complexity index is 1220. The van der Waals surface area contributed by atoms with Crippen molar-refractivity contribution in [2.45, 2.75) is 39.2 Å². The van der Waals surface area contributed by atoms with Crippen molar-refractivity contribution < 1.29 is 23.4 Å². The van der Waals surface area contributed by atoms with Gasteiger partial charge < -0.3 is 23.5 Å². The standard InChI is InChI=1S/C27H31NO6/c1-4-6-16-33-21-13-12-18(17-22(21)32-5-2)24-23-25(29)19-10-7-8-11-20(19)34-26(23)27(30)28(24)14-9-15-31-3/h7-8,10-13,17,24H,4-6,9,14-16H2,1-3H3. The Labute approximate surface area is 199 Å². The number of carbonyl (C=O) groups is 1. The highest BCUT2D eigenvalue weighted by atomic mass is 16.5. The first-order chi connectivity index (χ1) is 16.6. The van der Waals surface area contributed by atoms with Crippen LogP contribution in [0.3, 0.4) is 0 Å². The summed E-state index contributed by atoms with van der Waals surface area (Å²) in [6.45, 7) is 6.02. The lowest BCUT2D eigenvalue weighted by atomic mass is 9.98. The molecule has 2 heterocycles. The van der Waals surface area contributed by atoms with E-state index in [9.17, 15) is 9.59 Å². The average molecular weight is 466 g/mol. The molecule has 0 saturated heterocycles. The SMILES string of the molecule is CCCCOc1ccc(C2c3c(oc4ccccc4c3=O)C(=O)N2CCCOC)cc1OCC. The van der Waals surface area contributed by atoms with Crippen LogP contribution in [0.2, 0.25) is 0 Å². The normalized spacial score (nSPS) is 15.1. The smallest absolute Gasteiger partial charge is 0.290 e. The number of para-hydroxylation sites is 1. The fourth-order valence-electron chi connectivity index (χ4n) is 4.33. The van der Waals surface area contributed by atoms with Crippen LogP contribution in [0.15, 0.2) is 51.7 Å². The number of carbonyl (C=O) groups excluding carboxylic acids is 1. The summed E-state index contributed by atoms with van der Waals surface area (Å²) >= 11 is 0. The molecule has 1 atom stereocenters. The molecule has 180 valence electrons. The van der Waals surface area contributed by atoms with Gasteiger partial charge in [-0.1, -0.05) is 31.5 Å². The third-order valence-corrected chi connectivity index (χ3v) is 5.96. The largest absolute Gasteiger partial charge is 0.490 e. The maximum atomic E-state index is 13.6. The van der Waals surface area contributed by atoms with E-state index in [-0.39, 0.29) is 17.1 Å². The summed E-state index contributed by atoms with van der Waals surface area (Å²) in [7, 11) is 1.63. The van der Waals surface area contributed by atoms with E-state index in [1.54, 1.807) is 36.3 Å². The van der Waals surface area contributed by atoms with Gasteiger partial charge in [0.05, 0.1) is 30.2 Å². The summed E-state index contributed by atoms with van der Waals surface area (Å²) in [5, 5.41) is 0.461. The number of ether oxygens (including phenoxy) is 3. The number of rotatable bonds is 11. The lowest BCUT2D eigenvalue weighted by Crippen LogP contribution is -2.31. The van der Waals surface area contributed by atoms with Gasteiger partial charge in [-0.2, -0.15) is 0 Å². The fourth-order valence-corrected chi connectivity index (χ4v) is 4.33. The molecule has 0 bridgehead atoms. The monoisotopic (exact) mass is 465 g/mol. The van der Waals surface area contributed by atoms with E-state index < -0.39 is 6.04 Å². The molecule has 4 rings (SSSR count). The Balaban J connectivity index is 1.82. The first kappa shape index (κ1) is 23.8. The molecule has 2 aromatic carbocycles. The van der Waals surface area contributed by atoms with E-state index in [0.29, 0.717) is 60.8 Å². The van der Waals surface area contributed by atoms with Crippen LogP contribution in [0.25, 0.3) is 11.0 Å². The van der Waals surface area contributed by atoms with Crippen LogP contribution >= 0.6 is 0 Å². The molecule has 1 aliphatic heterocycles. The fraction of sp³-hybridized carbons (Fsp3) is 0.407. The van der Waals surface area contributed by atoms with Gasteiger partial charge in [-0.3, -0.25) is 9.59 Å². The molecule has 1 amide bonds. The molecule has 1 aliphatic rings. The molecule has 0 saturated carbocycles. The van der Waals surface area contributed by atoms with Crippen molar-refractivity contribution in [3.8, 4) is 11.5 Å². The zero-order chi connectivity index (χ0) is 24.1. The van der Waals surface area contributed by atoms with E-state index in [2.05, 4.69) is 6.92 Å². The summed E-state index contributed by atoms with van der Waals surface area (Å²) in [5.41, 5.74) is 1.36. The molecule has 0 N–H and O–H groups in total. The van der Waals surface area contributed by atoms with Gasteiger partial charge in [-0.25, -0.2) is 0 Å². The number of benzene rings is 2. The van der Waals surface area contributed by atoms with Crippen molar-refractivity contribution in [2.24, 2.45) is 0 Å². The zero-order valence-corrected chi connectivity index (χ0v) is 20.0. The number of hydrogen-bond donors (Lipinski definition) is 0. The highest BCUT2D eigenvalue weighted by Crippen LogP contribution is 2.41. The number of hydrogen-bond acceptors (Lipinski definition) is 6. The van der Waals surface area contributed by atoms with Gasteiger partial charge in [0.2, 0.25) is 5.76 Å². The number of fused-ring (bicyclic) bond motifs is 2. The minimum Gasteiger partial charge on any atom is -0.490 e. The van der Waals surface area contributed by atoms with Crippen molar-refractivity contribution in [3.05, 3.63) is 69.6 Å². The zero-order valence-electron chi connectivity index (χ0n) is 20.0. The van der Waals surface area contributed by atoms with E-state index in [4.69, 9.17) is 18.6 Å². The van der Waals surface area contributed by atoms with Crippen molar-refractivity contribution in [2.75, 3.05) is 33.5 Å². The van der Waals surface area contributed by atoms with Gasteiger partial charge in [0.15, 0.2) is 16.9 Å². The van der Waals surface area contributed by atoms with Gasteiger partial charge in [-0.05, 0) is 49.6 Å². The van der Waals surface area contributed by atoms with Crippen molar-refractivity contribution >= 4 is 16.9 Å². The van der Waals surface area contributed by atoms with Gasteiger partial charge in [0, 0.05) is 20.3 Å². The number of unbranched alkanes of at least 4 members (excludes halogenated alkanes) is 1. The summed E-state index contributed by atoms with van der Waals surface area (Å²) in [4.78, 5) is 28.7. The summed E-state index contributed by atoms with van der Waals surface area (Å²) in [6.07, 6.45) is 2.61. The minimum absolute atomic E-state index is 0.104. The van der Waals surface area contributed by atoms with Crippen LogP contribution in [0.4, 0.5) is 0 Å². The molecule has 7 heteroatoms. The van der Waals surface area contributed by atoms with Crippen molar-refractivity contribution in [1.82, 2.24) is 4.90 Å². The summed E-state index contributed by atoms with van der Waals surface area (Å²) in [5.74, 6) is 1.06. The van der Waals surface area contributed by atoms with Crippen molar-refractivity contribution in [3.63, 3.8) is 0 Å². The van der Waals surface area contributed by atoms with Crippen LogP contribution < -0.4 is 14.9 Å². The van der Waals surface area contributed by atoms with Crippen LogP contribution in [0, 0.1) is 0 Å². The molecule has 0 fully saturated rings. The third-order valence-electron chi connectivity index (χ3n) is 5.96. The number of amides is 1. The van der Waals surface area contributed by atoms with Gasteiger partial charge in [-0.15, -0.1) is 0 Å². The van der Waals surface area contributed by atoms with E-state index in [0.717, 1.165) is 18.4 Å². The average Bonchev–Trinajstić information content (AvgIpc) is 3.12. The Hall–Kier alpha value is -3.32. The topological polar surface area (TPSA) is 78.2 Å². The Kier molecular flexibility index (Phi) is 7.53. The second-order valence-electron chi connectivity index (χ2n) is 8.26. The quantitative estimate of drug-likeness (QED) is 0.373. The molecule has 1 unspecified atom stereocenters. The molecule has 0 radical (unpaired) electrons. The first-order valence-electron chi connectivity index (χ1n) is 11.9. The number of methoxy groups -OCH3 is 1. The van der Waals surface area contributed by atoms with Crippen LogP contribution in [-0.4, -0.2) is 44.3 Å². The highest BCUT2D eigenvalue weighted by Gasteiger charge is 2.42. The lowest BCUT2D eigenvalue weighted by Gasteiger charge is -2.26. The third kappa shape index (κ3) is 4.53. The van der Waals surface area contributed by atoms with Crippen LogP contribution in [-0.2, 0) is 4.74 Å². The Morgan fingerprint density at radius 1 is 0.971 bits per heavy atom. The highest BCUT2D eigenvalue weighted by molar-refractivity contribution is 5.99. The minimum atomic E-state index is -0.580. The van der Waals surface area contributed by atoms with Gasteiger partial charge >= 0.3 is 0 Å². The molecule has 1 aromatic heterocycles. The van der Waals surface area contributed by atoms with Gasteiger partial charge in [0.1, 0.15) is 5.58 Å². The molecular formula is C27H31NO6. The predicted molar refractivity (Wildman–Crippen MR) is 130 cm³/mol. The van der Waals surface area contributed by atoms with Crippen LogP contribution in [0.5, 0.6) is 11.5 Å². The summed E-state index contributed by atoms with van der Waals surface area (Å²) in [6, 6.07) is 12.1. The second kappa shape index (κ2) is 10.7. The molecule has 34 heavy (non-hydrogen) atoms. The molecular weight excluding hydrogens is 434 g/mol. The van der Waals surface area contributed by atoms with Gasteiger partial charge in [0.25, 0.3) is 5.91 Å². The van der Waals surface area contributed by atoms with E-state index in [1.807, 2.05) is 25.1 Å². The Morgan fingerprint density at radius 3 is 2.56 bits per heavy atom. The van der Waals surface area contributed by atoms with Crippen LogP contribution in [0.1, 0.15) is 60.8 Å². The molecule has 0 aliphatic carbocycles. The van der Waals surface area contributed by atoms with Crippen molar-refractivity contribution in [1.29, 1.82) is 0 Å². The number of nitrogens with zero attached hydrogens (tertiary/aromatic N) is 1. The molecule has 0 spiro atoms. The van der Waals surface area contributed by atoms with E-state index in [1.165, 1.54) is 0 Å².